The molecular formula is C17H16ClN3OS. The van der Waals surface area contributed by atoms with Gasteiger partial charge in [-0.2, -0.15) is 0 Å². The van der Waals surface area contributed by atoms with Gasteiger partial charge in [0.2, 0.25) is 5.91 Å². The van der Waals surface area contributed by atoms with Crippen molar-refractivity contribution in [2.75, 3.05) is 5.32 Å². The summed E-state index contributed by atoms with van der Waals surface area (Å²) in [7, 11) is 1.96. The average molecular weight is 346 g/mol. The van der Waals surface area contributed by atoms with Crippen molar-refractivity contribution in [1.29, 1.82) is 0 Å². The van der Waals surface area contributed by atoms with Crippen molar-refractivity contribution in [3.05, 3.63) is 53.6 Å². The smallest absolute Gasteiger partial charge is 0.237 e. The molecular weight excluding hydrogens is 330 g/mol. The number of amides is 1. The lowest BCUT2D eigenvalue weighted by Crippen LogP contribution is -2.22. The van der Waals surface area contributed by atoms with Crippen LogP contribution in [-0.2, 0) is 11.8 Å². The van der Waals surface area contributed by atoms with Gasteiger partial charge in [0.15, 0.2) is 5.16 Å². The minimum Gasteiger partial charge on any atom is -0.325 e. The first-order chi connectivity index (χ1) is 11.0. The summed E-state index contributed by atoms with van der Waals surface area (Å²) in [6.45, 7) is 1.87. The number of hydrogen-bond acceptors (Lipinski definition) is 3. The van der Waals surface area contributed by atoms with Crippen LogP contribution in [0.15, 0.2) is 53.7 Å². The predicted molar refractivity (Wildman–Crippen MR) is 96.1 cm³/mol. The second-order valence-electron chi connectivity index (χ2n) is 5.20. The fourth-order valence-electron chi connectivity index (χ4n) is 2.22. The van der Waals surface area contributed by atoms with Gasteiger partial charge in [-0.05, 0) is 43.3 Å². The molecule has 23 heavy (non-hydrogen) atoms. The number of nitrogens with one attached hydrogen (secondary N) is 1. The quantitative estimate of drug-likeness (QED) is 0.715. The van der Waals surface area contributed by atoms with E-state index in [0.29, 0.717) is 5.02 Å². The van der Waals surface area contributed by atoms with Gasteiger partial charge >= 0.3 is 0 Å². The minimum atomic E-state index is -0.263. The number of hydrogen-bond donors (Lipinski definition) is 1. The van der Waals surface area contributed by atoms with E-state index in [4.69, 9.17) is 11.6 Å². The third-order valence-electron chi connectivity index (χ3n) is 3.51. The van der Waals surface area contributed by atoms with Crippen molar-refractivity contribution in [2.45, 2.75) is 17.3 Å². The van der Waals surface area contributed by atoms with E-state index in [1.807, 2.05) is 42.8 Å². The van der Waals surface area contributed by atoms with Crippen molar-refractivity contribution in [3.63, 3.8) is 0 Å². The molecule has 0 aliphatic rings. The average Bonchev–Trinajstić information content (AvgIpc) is 2.86. The number of imidazole rings is 1. The van der Waals surface area contributed by atoms with Gasteiger partial charge in [-0.25, -0.2) is 4.98 Å². The van der Waals surface area contributed by atoms with Gasteiger partial charge in [-0.15, -0.1) is 0 Å². The highest BCUT2D eigenvalue weighted by Gasteiger charge is 2.18. The van der Waals surface area contributed by atoms with Crippen molar-refractivity contribution in [3.8, 4) is 0 Å². The fraction of sp³-hybridized carbons (Fsp3) is 0.176. The first-order valence-corrected chi connectivity index (χ1v) is 8.45. The van der Waals surface area contributed by atoms with E-state index in [0.717, 1.165) is 21.9 Å². The van der Waals surface area contributed by atoms with E-state index in [1.54, 1.807) is 24.3 Å². The largest absolute Gasteiger partial charge is 0.325 e. The molecule has 0 aliphatic heterocycles. The zero-order chi connectivity index (χ0) is 16.4. The number of benzene rings is 2. The fourth-order valence-corrected chi connectivity index (χ4v) is 3.23. The van der Waals surface area contributed by atoms with E-state index >= 15 is 0 Å². The van der Waals surface area contributed by atoms with Crippen LogP contribution in [0.25, 0.3) is 11.0 Å². The molecule has 1 heterocycles. The molecule has 2 aromatic carbocycles. The number of aryl methyl sites for hydroxylation is 1. The zero-order valence-electron chi connectivity index (χ0n) is 12.8. The van der Waals surface area contributed by atoms with Crippen LogP contribution in [0.4, 0.5) is 5.69 Å². The van der Waals surface area contributed by atoms with Crippen LogP contribution in [0.1, 0.15) is 6.92 Å². The Hall–Kier alpha value is -1.98. The van der Waals surface area contributed by atoms with Gasteiger partial charge in [-0.1, -0.05) is 35.5 Å². The van der Waals surface area contributed by atoms with Gasteiger partial charge in [0, 0.05) is 17.8 Å². The van der Waals surface area contributed by atoms with Crippen molar-refractivity contribution in [2.24, 2.45) is 7.05 Å². The number of thioether (sulfide) groups is 1. The maximum absolute atomic E-state index is 12.3. The van der Waals surface area contributed by atoms with E-state index in [2.05, 4.69) is 10.3 Å². The molecule has 3 rings (SSSR count). The van der Waals surface area contributed by atoms with Crippen LogP contribution in [0, 0.1) is 0 Å². The SMILES string of the molecule is CC(Sc1nc2ccccc2n1C)C(=O)Nc1ccc(Cl)cc1. The van der Waals surface area contributed by atoms with Crippen LogP contribution in [-0.4, -0.2) is 20.7 Å². The third-order valence-corrected chi connectivity index (χ3v) is 4.90. The summed E-state index contributed by atoms with van der Waals surface area (Å²) in [6.07, 6.45) is 0. The molecule has 1 amide bonds. The number of carbonyl (C=O) groups is 1. The number of rotatable bonds is 4. The van der Waals surface area contributed by atoms with E-state index < -0.39 is 0 Å². The number of anilines is 1. The Balaban J connectivity index is 1.72. The highest BCUT2D eigenvalue weighted by atomic mass is 35.5. The first kappa shape index (κ1) is 15.9. The summed E-state index contributed by atoms with van der Waals surface area (Å²) in [5.74, 6) is -0.0654. The molecule has 0 fully saturated rings. The standard InChI is InChI=1S/C17H16ClN3OS/c1-11(16(22)19-13-9-7-12(18)8-10-13)23-17-20-14-5-3-4-6-15(14)21(17)2/h3-11H,1-2H3,(H,19,22). The molecule has 6 heteroatoms. The Morgan fingerprint density at radius 2 is 1.91 bits per heavy atom. The molecule has 1 unspecified atom stereocenters. The molecule has 4 nitrogen and oxygen atoms in total. The predicted octanol–water partition coefficient (Wildman–Crippen LogP) is 4.35. The van der Waals surface area contributed by atoms with Gasteiger partial charge in [0.05, 0.1) is 16.3 Å². The second kappa shape index (κ2) is 6.64. The number of nitrogens with zero attached hydrogens (tertiary/aromatic N) is 2. The lowest BCUT2D eigenvalue weighted by molar-refractivity contribution is -0.115. The van der Waals surface area contributed by atoms with E-state index in [-0.39, 0.29) is 11.2 Å². The second-order valence-corrected chi connectivity index (χ2v) is 6.94. The van der Waals surface area contributed by atoms with Gasteiger partial charge < -0.3 is 9.88 Å². The molecule has 1 aromatic heterocycles. The molecule has 0 bridgehead atoms. The maximum atomic E-state index is 12.3. The van der Waals surface area contributed by atoms with Crippen molar-refractivity contribution >= 4 is 46.0 Å². The van der Waals surface area contributed by atoms with Crippen LogP contribution in [0.2, 0.25) is 5.02 Å². The summed E-state index contributed by atoms with van der Waals surface area (Å²) >= 11 is 7.29. The number of halogens is 1. The van der Waals surface area contributed by atoms with Gasteiger partial charge in [0.1, 0.15) is 0 Å². The molecule has 0 aliphatic carbocycles. The van der Waals surface area contributed by atoms with Crippen LogP contribution >= 0.6 is 23.4 Å². The number of fused-ring (bicyclic) bond motifs is 1. The normalized spacial score (nSPS) is 12.3. The Morgan fingerprint density at radius 1 is 1.22 bits per heavy atom. The highest BCUT2D eigenvalue weighted by Crippen LogP contribution is 2.26. The third kappa shape index (κ3) is 3.51. The molecule has 0 saturated carbocycles. The van der Waals surface area contributed by atoms with Crippen molar-refractivity contribution < 1.29 is 4.79 Å². The Morgan fingerprint density at radius 3 is 2.61 bits per heavy atom. The van der Waals surface area contributed by atoms with Crippen LogP contribution in [0.5, 0.6) is 0 Å². The molecule has 0 spiro atoms. The zero-order valence-corrected chi connectivity index (χ0v) is 14.4. The van der Waals surface area contributed by atoms with E-state index in [9.17, 15) is 4.79 Å². The number of carbonyl (C=O) groups excluding carboxylic acids is 1. The van der Waals surface area contributed by atoms with Crippen LogP contribution < -0.4 is 5.32 Å². The molecule has 118 valence electrons. The molecule has 0 radical (unpaired) electrons. The lowest BCUT2D eigenvalue weighted by atomic mass is 10.3. The monoisotopic (exact) mass is 345 g/mol. The van der Waals surface area contributed by atoms with Crippen LogP contribution in [0.3, 0.4) is 0 Å². The summed E-state index contributed by atoms with van der Waals surface area (Å²) in [5, 5.41) is 4.09. The topological polar surface area (TPSA) is 46.9 Å². The number of aromatic nitrogens is 2. The molecule has 1 N–H and O–H groups in total. The van der Waals surface area contributed by atoms with Gasteiger partial charge in [0.25, 0.3) is 0 Å². The minimum absolute atomic E-state index is 0.0654. The van der Waals surface area contributed by atoms with E-state index in [1.165, 1.54) is 11.8 Å². The molecule has 1 atom stereocenters. The van der Waals surface area contributed by atoms with Crippen molar-refractivity contribution in [1.82, 2.24) is 9.55 Å². The maximum Gasteiger partial charge on any atom is 0.237 e. The Labute approximate surface area is 143 Å². The lowest BCUT2D eigenvalue weighted by Gasteiger charge is -2.11. The summed E-state index contributed by atoms with van der Waals surface area (Å²) in [4.78, 5) is 16.9. The summed E-state index contributed by atoms with van der Waals surface area (Å²) in [6, 6.07) is 15.0. The number of para-hydroxylation sites is 2. The summed E-state index contributed by atoms with van der Waals surface area (Å²) < 4.78 is 2.01. The molecule has 0 saturated heterocycles. The highest BCUT2D eigenvalue weighted by molar-refractivity contribution is 8.00. The summed E-state index contributed by atoms with van der Waals surface area (Å²) in [5.41, 5.74) is 2.72. The Bertz CT molecular complexity index is 845. The first-order valence-electron chi connectivity index (χ1n) is 7.19. The van der Waals surface area contributed by atoms with Gasteiger partial charge in [-0.3, -0.25) is 4.79 Å². The molecule has 3 aromatic rings. The Kier molecular flexibility index (Phi) is 4.59.